The zero-order chi connectivity index (χ0) is 18.0. The first-order chi connectivity index (χ1) is 11.9. The molecular formula is C21H25NO3. The summed E-state index contributed by atoms with van der Waals surface area (Å²) in [6.45, 7) is 7.82. The third-order valence-electron chi connectivity index (χ3n) is 4.46. The van der Waals surface area contributed by atoms with Crippen molar-refractivity contribution in [2.24, 2.45) is 0 Å². The minimum Gasteiger partial charge on any atom is -0.487 e. The van der Waals surface area contributed by atoms with E-state index in [4.69, 9.17) is 9.47 Å². The van der Waals surface area contributed by atoms with E-state index >= 15 is 0 Å². The van der Waals surface area contributed by atoms with Crippen LogP contribution < -0.4 is 14.8 Å². The third-order valence-corrected chi connectivity index (χ3v) is 4.46. The molecule has 0 fully saturated rings. The highest BCUT2D eigenvalue weighted by Crippen LogP contribution is 2.39. The molecule has 1 N–H and O–H groups in total. The van der Waals surface area contributed by atoms with Crippen LogP contribution in [-0.4, -0.2) is 17.6 Å². The number of nitrogens with one attached hydrogen (secondary N) is 1. The molecule has 25 heavy (non-hydrogen) atoms. The Morgan fingerprint density at radius 1 is 1.20 bits per heavy atom. The largest absolute Gasteiger partial charge is 0.487 e. The molecule has 0 unspecified atom stereocenters. The van der Waals surface area contributed by atoms with Gasteiger partial charge in [0.05, 0.1) is 6.04 Å². The summed E-state index contributed by atoms with van der Waals surface area (Å²) in [6, 6.07) is 15.5. The number of carbonyl (C=O) groups excluding carboxylic acids is 1. The lowest BCUT2D eigenvalue weighted by Crippen LogP contribution is -2.44. The van der Waals surface area contributed by atoms with Crippen LogP contribution in [-0.2, 0) is 4.79 Å². The van der Waals surface area contributed by atoms with Crippen molar-refractivity contribution in [1.82, 2.24) is 5.32 Å². The Balaban J connectivity index is 1.73. The van der Waals surface area contributed by atoms with Crippen LogP contribution in [0.15, 0.2) is 48.5 Å². The van der Waals surface area contributed by atoms with Gasteiger partial charge < -0.3 is 14.8 Å². The molecule has 0 saturated heterocycles. The van der Waals surface area contributed by atoms with Crippen molar-refractivity contribution in [2.45, 2.75) is 51.9 Å². The molecule has 2 atom stereocenters. The molecule has 1 aliphatic rings. The standard InChI is InChI=1S/C21H25NO3/c1-14-9-5-7-11-18(14)24-15(2)20(23)22-17-13-21(3,4)25-19-12-8-6-10-16(17)19/h5-12,15,17H,13H2,1-4H3,(H,22,23)/t15-,17-/m0/s1. The van der Waals surface area contributed by atoms with Gasteiger partial charge in [-0.25, -0.2) is 0 Å². The molecule has 0 spiro atoms. The lowest BCUT2D eigenvalue weighted by molar-refractivity contribution is -0.128. The number of hydrogen-bond acceptors (Lipinski definition) is 3. The molecule has 0 bridgehead atoms. The molecule has 1 amide bonds. The van der Waals surface area contributed by atoms with Crippen molar-refractivity contribution in [1.29, 1.82) is 0 Å². The van der Waals surface area contributed by atoms with Gasteiger partial charge in [0, 0.05) is 12.0 Å². The minimum absolute atomic E-state index is 0.0876. The number of rotatable bonds is 4. The quantitative estimate of drug-likeness (QED) is 0.909. The van der Waals surface area contributed by atoms with E-state index in [0.717, 1.165) is 22.6 Å². The van der Waals surface area contributed by atoms with Gasteiger partial charge in [0.15, 0.2) is 6.10 Å². The number of hydrogen-bond donors (Lipinski definition) is 1. The van der Waals surface area contributed by atoms with E-state index in [9.17, 15) is 4.79 Å². The van der Waals surface area contributed by atoms with Crippen LogP contribution in [0.25, 0.3) is 0 Å². The first kappa shape index (κ1) is 17.3. The maximum Gasteiger partial charge on any atom is 0.261 e. The second kappa shape index (κ2) is 6.79. The highest BCUT2D eigenvalue weighted by atomic mass is 16.5. The molecule has 3 rings (SSSR count). The molecule has 2 aromatic carbocycles. The maximum atomic E-state index is 12.7. The van der Waals surface area contributed by atoms with Crippen LogP contribution in [0.4, 0.5) is 0 Å². The van der Waals surface area contributed by atoms with Crippen LogP contribution in [0.5, 0.6) is 11.5 Å². The Bertz CT molecular complexity index is 769. The van der Waals surface area contributed by atoms with Crippen LogP contribution >= 0.6 is 0 Å². The van der Waals surface area contributed by atoms with Gasteiger partial charge in [0.2, 0.25) is 0 Å². The second-order valence-corrected chi connectivity index (χ2v) is 7.19. The Hall–Kier alpha value is -2.49. The normalized spacial score (nSPS) is 19.3. The van der Waals surface area contributed by atoms with Gasteiger partial charge >= 0.3 is 0 Å². The lowest BCUT2D eigenvalue weighted by Gasteiger charge is -2.38. The second-order valence-electron chi connectivity index (χ2n) is 7.19. The van der Waals surface area contributed by atoms with Gasteiger partial charge in [-0.2, -0.15) is 0 Å². The Morgan fingerprint density at radius 3 is 2.64 bits per heavy atom. The number of amides is 1. The zero-order valence-corrected chi connectivity index (χ0v) is 15.2. The highest BCUT2D eigenvalue weighted by molar-refractivity contribution is 5.81. The Kier molecular flexibility index (Phi) is 4.71. The van der Waals surface area contributed by atoms with Crippen molar-refractivity contribution in [2.75, 3.05) is 0 Å². The monoisotopic (exact) mass is 339 g/mol. The first-order valence-corrected chi connectivity index (χ1v) is 8.66. The van der Waals surface area contributed by atoms with Gasteiger partial charge in [-0.15, -0.1) is 0 Å². The summed E-state index contributed by atoms with van der Waals surface area (Å²) in [5, 5.41) is 3.13. The number of ether oxygens (including phenoxy) is 2. The van der Waals surface area contributed by atoms with Gasteiger partial charge in [0.1, 0.15) is 17.1 Å². The van der Waals surface area contributed by atoms with Gasteiger partial charge in [-0.3, -0.25) is 4.79 Å². The fraction of sp³-hybridized carbons (Fsp3) is 0.381. The summed E-state index contributed by atoms with van der Waals surface area (Å²) in [4.78, 5) is 12.7. The van der Waals surface area contributed by atoms with Crippen LogP contribution in [0.1, 0.15) is 44.4 Å². The highest BCUT2D eigenvalue weighted by Gasteiger charge is 2.35. The predicted octanol–water partition coefficient (Wildman–Crippen LogP) is 4.18. The first-order valence-electron chi connectivity index (χ1n) is 8.66. The summed E-state index contributed by atoms with van der Waals surface area (Å²) in [6.07, 6.45) is 0.145. The van der Waals surface area contributed by atoms with E-state index < -0.39 is 6.10 Å². The lowest BCUT2D eigenvalue weighted by atomic mass is 9.89. The van der Waals surface area contributed by atoms with E-state index in [-0.39, 0.29) is 17.6 Å². The third kappa shape index (κ3) is 3.95. The number of carbonyl (C=O) groups is 1. The van der Waals surface area contributed by atoms with Crippen LogP contribution in [0.3, 0.4) is 0 Å². The van der Waals surface area contributed by atoms with Crippen molar-refractivity contribution < 1.29 is 14.3 Å². The summed E-state index contributed by atoms with van der Waals surface area (Å²) >= 11 is 0. The van der Waals surface area contributed by atoms with Gasteiger partial charge in [-0.05, 0) is 45.4 Å². The van der Waals surface area contributed by atoms with Crippen LogP contribution in [0, 0.1) is 6.92 Å². The number of aryl methyl sites for hydroxylation is 1. The Morgan fingerprint density at radius 2 is 1.88 bits per heavy atom. The zero-order valence-electron chi connectivity index (χ0n) is 15.2. The average Bonchev–Trinajstić information content (AvgIpc) is 2.55. The van der Waals surface area contributed by atoms with E-state index in [1.165, 1.54) is 0 Å². The van der Waals surface area contributed by atoms with E-state index in [0.29, 0.717) is 6.42 Å². The molecule has 2 aromatic rings. The molecule has 4 nitrogen and oxygen atoms in total. The number of fused-ring (bicyclic) bond motifs is 1. The van der Waals surface area contributed by atoms with Crippen molar-refractivity contribution in [3.8, 4) is 11.5 Å². The molecule has 1 heterocycles. The number of benzene rings is 2. The van der Waals surface area contributed by atoms with Crippen molar-refractivity contribution in [3.63, 3.8) is 0 Å². The van der Waals surface area contributed by atoms with E-state index in [2.05, 4.69) is 5.32 Å². The number of para-hydroxylation sites is 2. The summed E-state index contributed by atoms with van der Waals surface area (Å²) < 4.78 is 11.9. The van der Waals surface area contributed by atoms with E-state index in [1.807, 2.05) is 69.3 Å². The minimum atomic E-state index is -0.570. The molecule has 0 radical (unpaired) electrons. The average molecular weight is 339 g/mol. The SMILES string of the molecule is Cc1ccccc1O[C@@H](C)C(=O)N[C@H]1CC(C)(C)Oc2ccccc21. The smallest absolute Gasteiger partial charge is 0.261 e. The summed E-state index contributed by atoms with van der Waals surface area (Å²) in [5.74, 6) is 1.44. The van der Waals surface area contributed by atoms with Crippen LogP contribution in [0.2, 0.25) is 0 Å². The summed E-state index contributed by atoms with van der Waals surface area (Å²) in [5.41, 5.74) is 1.70. The topological polar surface area (TPSA) is 47.6 Å². The van der Waals surface area contributed by atoms with E-state index in [1.54, 1.807) is 6.92 Å². The molecule has 0 aliphatic carbocycles. The Labute approximate surface area is 149 Å². The molecular weight excluding hydrogens is 314 g/mol. The van der Waals surface area contributed by atoms with Crippen molar-refractivity contribution in [3.05, 3.63) is 59.7 Å². The molecule has 132 valence electrons. The van der Waals surface area contributed by atoms with Gasteiger partial charge in [0.25, 0.3) is 5.91 Å². The molecule has 0 saturated carbocycles. The summed E-state index contributed by atoms with van der Waals surface area (Å²) in [7, 11) is 0. The fourth-order valence-electron chi connectivity index (χ4n) is 3.15. The molecule has 4 heteroatoms. The molecule has 0 aromatic heterocycles. The molecule has 1 aliphatic heterocycles. The fourth-order valence-corrected chi connectivity index (χ4v) is 3.15. The van der Waals surface area contributed by atoms with Gasteiger partial charge in [-0.1, -0.05) is 36.4 Å². The maximum absolute atomic E-state index is 12.7. The predicted molar refractivity (Wildman–Crippen MR) is 97.9 cm³/mol. The van der Waals surface area contributed by atoms with Crippen molar-refractivity contribution >= 4 is 5.91 Å².